The van der Waals surface area contributed by atoms with Gasteiger partial charge in [0, 0.05) is 10.7 Å². The van der Waals surface area contributed by atoms with Crippen molar-refractivity contribution in [2.45, 2.75) is 19.2 Å². The van der Waals surface area contributed by atoms with Crippen molar-refractivity contribution in [3.63, 3.8) is 0 Å². The van der Waals surface area contributed by atoms with Crippen molar-refractivity contribution in [2.24, 2.45) is 5.10 Å². The zero-order chi connectivity index (χ0) is 27.0. The highest BCUT2D eigenvalue weighted by Crippen LogP contribution is 2.37. The normalized spacial score (nSPS) is 11.3. The van der Waals surface area contributed by atoms with Crippen LogP contribution >= 0.6 is 27.5 Å². The van der Waals surface area contributed by atoms with Crippen molar-refractivity contribution in [3.8, 4) is 11.5 Å². The molecule has 3 aromatic rings. The second kappa shape index (κ2) is 12.6. The van der Waals surface area contributed by atoms with Crippen LogP contribution in [0, 0.1) is 0 Å². The molecule has 0 bridgehead atoms. The quantitative estimate of drug-likeness (QED) is 0.175. The average molecular weight is 599 g/mol. The number of ether oxygens (including phenoxy) is 2. The second-order valence-corrected chi connectivity index (χ2v) is 8.84. The van der Waals surface area contributed by atoms with Crippen LogP contribution in [0.2, 0.25) is 5.02 Å². The molecule has 0 aliphatic heterocycles. The first kappa shape index (κ1) is 28.0. The summed E-state index contributed by atoms with van der Waals surface area (Å²) in [5.41, 5.74) is 2.66. The number of hydrogen-bond acceptors (Lipinski definition) is 5. The predicted octanol–water partition coefficient (Wildman–Crippen LogP) is 6.19. The molecule has 0 aliphatic carbocycles. The van der Waals surface area contributed by atoms with E-state index in [1.54, 1.807) is 24.3 Å². The fourth-order valence-corrected chi connectivity index (χ4v) is 3.73. The fraction of sp³-hybridized carbons (Fsp3) is 0.160. The molecule has 12 heteroatoms. The number of nitrogens with one attached hydrogen (secondary N) is 2. The van der Waals surface area contributed by atoms with Gasteiger partial charge in [-0.25, -0.2) is 5.43 Å². The number of anilines is 1. The molecule has 2 amide bonds. The lowest BCUT2D eigenvalue weighted by Gasteiger charge is -2.13. The molecule has 0 aliphatic rings. The Bertz CT molecular complexity index is 1300. The van der Waals surface area contributed by atoms with E-state index in [4.69, 9.17) is 21.1 Å². The van der Waals surface area contributed by atoms with Gasteiger partial charge >= 0.3 is 6.18 Å². The Morgan fingerprint density at radius 2 is 1.81 bits per heavy atom. The Kier molecular flexibility index (Phi) is 9.54. The molecule has 7 nitrogen and oxygen atoms in total. The molecule has 0 heterocycles. The zero-order valence-corrected chi connectivity index (χ0v) is 21.6. The van der Waals surface area contributed by atoms with E-state index < -0.39 is 30.0 Å². The van der Waals surface area contributed by atoms with Gasteiger partial charge in [-0.1, -0.05) is 29.8 Å². The maximum atomic E-state index is 12.8. The van der Waals surface area contributed by atoms with E-state index in [0.717, 1.165) is 23.8 Å². The van der Waals surface area contributed by atoms with Gasteiger partial charge < -0.3 is 14.8 Å². The number of carbonyl (C=O) groups excluding carboxylic acids is 2. The third kappa shape index (κ3) is 8.50. The Hall–Kier alpha value is -3.57. The fourth-order valence-electron chi connectivity index (χ4n) is 3.03. The lowest BCUT2D eigenvalue weighted by Crippen LogP contribution is -2.24. The Balaban J connectivity index is 1.56. The Morgan fingerprint density at radius 1 is 1.08 bits per heavy atom. The van der Waals surface area contributed by atoms with Crippen molar-refractivity contribution in [3.05, 3.63) is 86.8 Å². The van der Waals surface area contributed by atoms with Crippen LogP contribution in [0.1, 0.15) is 23.1 Å². The lowest BCUT2D eigenvalue weighted by atomic mass is 10.2. The Labute approximate surface area is 223 Å². The molecule has 0 radical (unpaired) electrons. The van der Waals surface area contributed by atoms with Crippen molar-refractivity contribution in [2.75, 3.05) is 12.4 Å². The maximum absolute atomic E-state index is 12.8. The molecule has 0 saturated carbocycles. The molecular formula is C25H20BrClF3N3O4. The van der Waals surface area contributed by atoms with Gasteiger partial charge in [0.2, 0.25) is 11.8 Å². The third-order valence-corrected chi connectivity index (χ3v) is 5.59. The van der Waals surface area contributed by atoms with Crippen LogP contribution in [0.4, 0.5) is 18.9 Å². The molecule has 37 heavy (non-hydrogen) atoms. The number of amides is 2. The van der Waals surface area contributed by atoms with Crippen molar-refractivity contribution >= 4 is 51.2 Å². The molecule has 0 spiro atoms. The van der Waals surface area contributed by atoms with Gasteiger partial charge in [-0.05, 0) is 69.5 Å². The summed E-state index contributed by atoms with van der Waals surface area (Å²) < 4.78 is 50.2. The van der Waals surface area contributed by atoms with E-state index in [1.165, 1.54) is 19.4 Å². The van der Waals surface area contributed by atoms with Gasteiger partial charge in [0.1, 0.15) is 13.0 Å². The highest BCUT2D eigenvalue weighted by atomic mass is 79.9. The summed E-state index contributed by atoms with van der Waals surface area (Å²) in [6, 6.07) is 14.6. The number of carbonyl (C=O) groups is 2. The van der Waals surface area contributed by atoms with Crippen molar-refractivity contribution < 1.29 is 32.2 Å². The molecule has 0 atom stereocenters. The van der Waals surface area contributed by atoms with Crippen molar-refractivity contribution in [1.29, 1.82) is 0 Å². The molecule has 3 rings (SSSR count). The van der Waals surface area contributed by atoms with E-state index in [1.807, 2.05) is 12.1 Å². The first-order valence-electron chi connectivity index (χ1n) is 10.6. The van der Waals surface area contributed by atoms with Crippen LogP contribution in [-0.2, 0) is 22.4 Å². The SMILES string of the molecule is COc1cc(C=NNC(=O)CC(=O)Nc2cccc(C(F)(F)F)c2)cc(Br)c1OCc1ccc(Cl)cc1. The number of halogens is 5. The third-order valence-electron chi connectivity index (χ3n) is 4.75. The predicted molar refractivity (Wildman–Crippen MR) is 137 cm³/mol. The second-order valence-electron chi connectivity index (χ2n) is 7.55. The van der Waals surface area contributed by atoms with E-state index in [2.05, 4.69) is 31.8 Å². The van der Waals surface area contributed by atoms with Gasteiger partial charge in [-0.2, -0.15) is 18.3 Å². The molecule has 2 N–H and O–H groups in total. The number of rotatable bonds is 9. The van der Waals surface area contributed by atoms with Crippen LogP contribution in [0.3, 0.4) is 0 Å². The highest BCUT2D eigenvalue weighted by Gasteiger charge is 2.30. The average Bonchev–Trinajstić information content (AvgIpc) is 2.83. The Morgan fingerprint density at radius 3 is 2.49 bits per heavy atom. The molecule has 3 aromatic carbocycles. The van der Waals surface area contributed by atoms with Gasteiger partial charge in [0.25, 0.3) is 0 Å². The molecule has 0 fully saturated rings. The van der Waals surface area contributed by atoms with E-state index in [0.29, 0.717) is 26.6 Å². The zero-order valence-electron chi connectivity index (χ0n) is 19.2. The van der Waals surface area contributed by atoms with Gasteiger partial charge in [0.15, 0.2) is 11.5 Å². The molecule has 0 unspecified atom stereocenters. The van der Waals surface area contributed by atoms with Crippen molar-refractivity contribution in [1.82, 2.24) is 5.43 Å². The maximum Gasteiger partial charge on any atom is 0.416 e. The number of methoxy groups -OCH3 is 1. The summed E-state index contributed by atoms with van der Waals surface area (Å²) in [5.74, 6) is -0.671. The van der Waals surface area contributed by atoms with Gasteiger partial charge in [0.05, 0.1) is 23.4 Å². The number of nitrogens with zero attached hydrogens (tertiary/aromatic N) is 1. The van der Waals surface area contributed by atoms with Crippen LogP contribution in [-0.4, -0.2) is 25.1 Å². The van der Waals surface area contributed by atoms with E-state index in [-0.39, 0.29) is 12.3 Å². The summed E-state index contributed by atoms with van der Waals surface area (Å²) in [6.07, 6.45) is -3.86. The van der Waals surface area contributed by atoms with Crippen LogP contribution in [0.15, 0.2) is 70.2 Å². The standard InChI is InChI=1S/C25H20BrClF3N3O4/c1-36-21-10-16(9-20(26)24(21)37-14-15-5-7-18(27)8-6-15)13-31-33-23(35)12-22(34)32-19-4-2-3-17(11-19)25(28,29)30/h2-11,13H,12,14H2,1H3,(H,32,34)(H,33,35). The number of alkyl halides is 3. The van der Waals surface area contributed by atoms with E-state index in [9.17, 15) is 22.8 Å². The monoisotopic (exact) mass is 597 g/mol. The summed E-state index contributed by atoms with van der Waals surface area (Å²) in [4.78, 5) is 24.0. The first-order valence-corrected chi connectivity index (χ1v) is 11.8. The smallest absolute Gasteiger partial charge is 0.416 e. The minimum atomic E-state index is -4.55. The minimum absolute atomic E-state index is 0.0774. The first-order chi connectivity index (χ1) is 17.5. The number of hydrazone groups is 1. The highest BCUT2D eigenvalue weighted by molar-refractivity contribution is 9.10. The topological polar surface area (TPSA) is 89.0 Å². The summed E-state index contributed by atoms with van der Waals surface area (Å²) in [6.45, 7) is 0.276. The number of benzene rings is 3. The largest absolute Gasteiger partial charge is 0.493 e. The summed E-state index contributed by atoms with van der Waals surface area (Å²) in [5, 5.41) is 6.69. The lowest BCUT2D eigenvalue weighted by molar-refractivity contribution is -0.137. The van der Waals surface area contributed by atoms with E-state index >= 15 is 0 Å². The number of hydrogen-bond donors (Lipinski definition) is 2. The molecule has 194 valence electrons. The van der Waals surface area contributed by atoms with Gasteiger partial charge in [-0.15, -0.1) is 0 Å². The van der Waals surface area contributed by atoms with Gasteiger partial charge in [-0.3, -0.25) is 9.59 Å². The molecular weight excluding hydrogens is 579 g/mol. The minimum Gasteiger partial charge on any atom is -0.493 e. The summed E-state index contributed by atoms with van der Waals surface area (Å²) >= 11 is 9.32. The molecule has 0 aromatic heterocycles. The molecule has 0 saturated heterocycles. The van der Waals surface area contributed by atoms with Crippen LogP contribution in [0.5, 0.6) is 11.5 Å². The summed E-state index contributed by atoms with van der Waals surface area (Å²) in [7, 11) is 1.47. The van der Waals surface area contributed by atoms with Crippen LogP contribution in [0.25, 0.3) is 0 Å². The van der Waals surface area contributed by atoms with Crippen LogP contribution < -0.4 is 20.2 Å².